The van der Waals surface area contributed by atoms with Crippen molar-refractivity contribution < 1.29 is 19.7 Å². The second kappa shape index (κ2) is 4.01. The van der Waals surface area contributed by atoms with Crippen LogP contribution in [0.3, 0.4) is 0 Å². The minimum atomic E-state index is 0.00379. The highest BCUT2D eigenvalue weighted by atomic mass is 32.1. The summed E-state index contributed by atoms with van der Waals surface area (Å²) >= 11 is 1.45. The molecular formula is C14H9NO4S. The van der Waals surface area contributed by atoms with Crippen molar-refractivity contribution in [1.82, 2.24) is 4.98 Å². The normalized spacial score (nSPS) is 13.0. The number of rotatable bonds is 1. The first-order chi connectivity index (χ1) is 9.70. The molecule has 0 amide bonds. The van der Waals surface area contributed by atoms with E-state index in [1.54, 1.807) is 6.07 Å². The molecule has 6 heteroatoms. The van der Waals surface area contributed by atoms with Crippen molar-refractivity contribution >= 4 is 21.6 Å². The lowest BCUT2D eigenvalue weighted by molar-refractivity contribution is 0.174. The molecule has 3 aromatic rings. The summed E-state index contributed by atoms with van der Waals surface area (Å²) in [4.78, 5) is 4.49. The number of ether oxygens (including phenoxy) is 2. The van der Waals surface area contributed by atoms with Gasteiger partial charge in [0.1, 0.15) is 16.5 Å². The van der Waals surface area contributed by atoms with E-state index in [1.807, 2.05) is 12.1 Å². The molecule has 0 radical (unpaired) electrons. The maximum Gasteiger partial charge on any atom is 0.231 e. The first kappa shape index (κ1) is 11.4. The first-order valence-electron chi connectivity index (χ1n) is 5.93. The maximum absolute atomic E-state index is 9.89. The van der Waals surface area contributed by atoms with Gasteiger partial charge >= 0.3 is 0 Å². The monoisotopic (exact) mass is 287 g/mol. The Kier molecular flexibility index (Phi) is 2.28. The van der Waals surface area contributed by atoms with Crippen molar-refractivity contribution in [2.45, 2.75) is 0 Å². The van der Waals surface area contributed by atoms with Crippen LogP contribution in [0.25, 0.3) is 20.8 Å². The van der Waals surface area contributed by atoms with Gasteiger partial charge in [0.15, 0.2) is 11.5 Å². The van der Waals surface area contributed by atoms with Crippen LogP contribution in [0, 0.1) is 0 Å². The van der Waals surface area contributed by atoms with Gasteiger partial charge in [0, 0.05) is 18.2 Å². The zero-order valence-corrected chi connectivity index (χ0v) is 11.0. The maximum atomic E-state index is 9.89. The summed E-state index contributed by atoms with van der Waals surface area (Å²) in [6, 6.07) is 8.18. The summed E-state index contributed by atoms with van der Waals surface area (Å²) in [5.74, 6) is 1.42. The molecule has 0 saturated heterocycles. The molecule has 5 nitrogen and oxygen atoms in total. The molecule has 2 heterocycles. The predicted molar refractivity (Wildman–Crippen MR) is 74.5 cm³/mol. The predicted octanol–water partition coefficient (Wildman–Crippen LogP) is 3.10. The third kappa shape index (κ3) is 1.65. The minimum Gasteiger partial charge on any atom is -0.508 e. The Morgan fingerprint density at radius 2 is 1.85 bits per heavy atom. The van der Waals surface area contributed by atoms with E-state index < -0.39 is 0 Å². The van der Waals surface area contributed by atoms with Crippen LogP contribution in [0.4, 0.5) is 0 Å². The molecular weight excluding hydrogens is 278 g/mol. The molecule has 0 unspecified atom stereocenters. The van der Waals surface area contributed by atoms with E-state index >= 15 is 0 Å². The Balaban J connectivity index is 1.89. The Labute approximate surface area is 117 Å². The number of phenols is 2. The van der Waals surface area contributed by atoms with E-state index in [0.29, 0.717) is 22.1 Å². The summed E-state index contributed by atoms with van der Waals surface area (Å²) in [6.07, 6.45) is 0. The van der Waals surface area contributed by atoms with E-state index in [2.05, 4.69) is 4.98 Å². The van der Waals surface area contributed by atoms with Gasteiger partial charge in [-0.1, -0.05) is 0 Å². The van der Waals surface area contributed by atoms with E-state index in [-0.39, 0.29) is 18.3 Å². The fourth-order valence-corrected chi connectivity index (χ4v) is 3.14. The minimum absolute atomic E-state index is 0.00379. The first-order valence-corrected chi connectivity index (χ1v) is 6.75. The lowest BCUT2D eigenvalue weighted by Gasteiger charge is -2.00. The Bertz CT molecular complexity index is 786. The topological polar surface area (TPSA) is 71.8 Å². The lowest BCUT2D eigenvalue weighted by Crippen LogP contribution is -1.92. The largest absolute Gasteiger partial charge is 0.508 e. The molecule has 0 saturated carbocycles. The zero-order valence-electron chi connectivity index (χ0n) is 10.2. The number of benzene rings is 2. The van der Waals surface area contributed by atoms with Crippen LogP contribution in [0.5, 0.6) is 23.0 Å². The smallest absolute Gasteiger partial charge is 0.231 e. The fraction of sp³-hybridized carbons (Fsp3) is 0.0714. The number of thiazole rings is 1. The lowest BCUT2D eigenvalue weighted by atomic mass is 10.2. The Hall–Kier alpha value is -2.47. The summed E-state index contributed by atoms with van der Waals surface area (Å²) in [6.45, 7) is 0.234. The summed E-state index contributed by atoms with van der Waals surface area (Å²) in [7, 11) is 0. The van der Waals surface area contributed by atoms with Gasteiger partial charge in [-0.15, -0.1) is 11.3 Å². The van der Waals surface area contributed by atoms with Crippen LogP contribution in [0.15, 0.2) is 30.3 Å². The number of hydrogen-bond acceptors (Lipinski definition) is 6. The number of aromatic hydroxyl groups is 2. The van der Waals surface area contributed by atoms with Gasteiger partial charge < -0.3 is 19.7 Å². The molecule has 4 rings (SSSR count). The molecule has 2 N–H and O–H groups in total. The second-order valence-corrected chi connectivity index (χ2v) is 5.42. The van der Waals surface area contributed by atoms with E-state index in [0.717, 1.165) is 10.2 Å². The Morgan fingerprint density at radius 1 is 1.05 bits per heavy atom. The molecule has 20 heavy (non-hydrogen) atoms. The van der Waals surface area contributed by atoms with Gasteiger partial charge in [0.05, 0.1) is 15.8 Å². The SMILES string of the molecule is Oc1ccc(-c2nc3cc4c(cc3s2)OCO4)c(O)c1. The average Bonchev–Trinajstić information content (AvgIpc) is 3.00. The molecule has 0 aliphatic carbocycles. The standard InChI is InChI=1S/C14H9NO4S/c16-7-1-2-8(10(17)3-7)14-15-9-4-11-12(19-6-18-11)5-13(9)20-14/h1-5,16-17H,6H2. The quantitative estimate of drug-likeness (QED) is 0.719. The van der Waals surface area contributed by atoms with Crippen molar-refractivity contribution in [3.8, 4) is 33.6 Å². The van der Waals surface area contributed by atoms with Gasteiger partial charge in [0.25, 0.3) is 0 Å². The molecule has 1 aromatic heterocycles. The summed E-state index contributed by atoms with van der Waals surface area (Å²) in [5, 5.41) is 19.9. The van der Waals surface area contributed by atoms with Crippen LogP contribution in [0.2, 0.25) is 0 Å². The van der Waals surface area contributed by atoms with Gasteiger partial charge in [-0.25, -0.2) is 4.98 Å². The third-order valence-corrected chi connectivity index (χ3v) is 4.15. The van der Waals surface area contributed by atoms with E-state index in [9.17, 15) is 10.2 Å². The fourth-order valence-electron chi connectivity index (χ4n) is 2.13. The van der Waals surface area contributed by atoms with Crippen LogP contribution >= 0.6 is 11.3 Å². The van der Waals surface area contributed by atoms with Gasteiger partial charge in [-0.05, 0) is 12.1 Å². The highest BCUT2D eigenvalue weighted by Crippen LogP contribution is 2.41. The second-order valence-electron chi connectivity index (χ2n) is 4.39. The number of phenolic OH excluding ortho intramolecular Hbond substituents is 2. The number of nitrogens with zero attached hydrogens (tertiary/aromatic N) is 1. The molecule has 1 aliphatic rings. The third-order valence-electron chi connectivity index (χ3n) is 3.09. The van der Waals surface area contributed by atoms with Crippen molar-refractivity contribution in [3.05, 3.63) is 30.3 Å². The zero-order chi connectivity index (χ0) is 13.7. The Morgan fingerprint density at radius 3 is 2.65 bits per heavy atom. The average molecular weight is 287 g/mol. The van der Waals surface area contributed by atoms with Crippen molar-refractivity contribution in [3.63, 3.8) is 0 Å². The van der Waals surface area contributed by atoms with Gasteiger partial charge in [-0.3, -0.25) is 0 Å². The van der Waals surface area contributed by atoms with Crippen LogP contribution < -0.4 is 9.47 Å². The molecule has 0 spiro atoms. The number of fused-ring (bicyclic) bond motifs is 2. The highest BCUT2D eigenvalue weighted by Gasteiger charge is 2.18. The van der Waals surface area contributed by atoms with Gasteiger partial charge in [-0.2, -0.15) is 0 Å². The van der Waals surface area contributed by atoms with Crippen molar-refractivity contribution in [1.29, 1.82) is 0 Å². The van der Waals surface area contributed by atoms with Gasteiger partial charge in [0.2, 0.25) is 6.79 Å². The van der Waals surface area contributed by atoms with E-state index in [4.69, 9.17) is 9.47 Å². The molecule has 0 atom stereocenters. The van der Waals surface area contributed by atoms with Crippen molar-refractivity contribution in [2.75, 3.05) is 6.79 Å². The number of aromatic nitrogens is 1. The number of hydrogen-bond donors (Lipinski definition) is 2. The van der Waals surface area contributed by atoms with Crippen LogP contribution in [-0.4, -0.2) is 22.0 Å². The van der Waals surface area contributed by atoms with Crippen LogP contribution in [0.1, 0.15) is 0 Å². The highest BCUT2D eigenvalue weighted by molar-refractivity contribution is 7.21. The molecule has 100 valence electrons. The molecule has 0 bridgehead atoms. The molecule has 0 fully saturated rings. The van der Waals surface area contributed by atoms with E-state index in [1.165, 1.54) is 23.5 Å². The molecule has 2 aromatic carbocycles. The summed E-state index contributed by atoms with van der Waals surface area (Å²) < 4.78 is 11.6. The van der Waals surface area contributed by atoms with Crippen molar-refractivity contribution in [2.24, 2.45) is 0 Å². The summed E-state index contributed by atoms with van der Waals surface area (Å²) in [5.41, 5.74) is 1.38. The van der Waals surface area contributed by atoms with Crippen LogP contribution in [-0.2, 0) is 0 Å². The molecule has 1 aliphatic heterocycles.